The fourth-order valence-corrected chi connectivity index (χ4v) is 2.59. The summed E-state index contributed by atoms with van der Waals surface area (Å²) in [5.41, 5.74) is 5.65. The third-order valence-electron chi connectivity index (χ3n) is 4.26. The highest BCUT2D eigenvalue weighted by atomic mass is 16.1. The van der Waals surface area contributed by atoms with Crippen molar-refractivity contribution < 1.29 is 4.79 Å². The molecule has 4 nitrogen and oxygen atoms in total. The molecule has 2 unspecified atom stereocenters. The molecule has 0 spiro atoms. The highest BCUT2D eigenvalue weighted by Crippen LogP contribution is 2.33. The van der Waals surface area contributed by atoms with E-state index in [1.54, 1.807) is 0 Å². The first kappa shape index (κ1) is 15.4. The first-order valence-corrected chi connectivity index (χ1v) is 7.03. The molecule has 0 aromatic rings. The fraction of sp³-hybridized carbons (Fsp3) is 0.929. The largest absolute Gasteiger partial charge is 0.355 e. The minimum atomic E-state index is 0.0250. The molecule has 0 saturated carbocycles. The van der Waals surface area contributed by atoms with Gasteiger partial charge in [-0.05, 0) is 44.3 Å². The average molecular weight is 255 g/mol. The summed E-state index contributed by atoms with van der Waals surface area (Å²) in [5, 5.41) is 3.09. The lowest BCUT2D eigenvalue weighted by atomic mass is 9.78. The molecule has 1 fully saturated rings. The van der Waals surface area contributed by atoms with E-state index in [0.29, 0.717) is 12.5 Å². The zero-order valence-corrected chi connectivity index (χ0v) is 12.3. The Morgan fingerprint density at radius 1 is 1.56 bits per heavy atom. The number of nitrogens with zero attached hydrogens (tertiary/aromatic N) is 1. The van der Waals surface area contributed by atoms with Gasteiger partial charge in [-0.25, -0.2) is 0 Å². The van der Waals surface area contributed by atoms with Gasteiger partial charge >= 0.3 is 0 Å². The Kier molecular flexibility index (Phi) is 5.60. The highest BCUT2D eigenvalue weighted by Gasteiger charge is 2.34. The summed E-state index contributed by atoms with van der Waals surface area (Å²) in [6.45, 7) is 10.1. The topological polar surface area (TPSA) is 58.4 Å². The summed E-state index contributed by atoms with van der Waals surface area (Å²) in [4.78, 5) is 14.2. The fourth-order valence-electron chi connectivity index (χ4n) is 2.59. The molecule has 0 bridgehead atoms. The predicted molar refractivity (Wildman–Crippen MR) is 75.2 cm³/mol. The van der Waals surface area contributed by atoms with Crippen LogP contribution >= 0.6 is 0 Å². The molecular formula is C14H29N3O. The van der Waals surface area contributed by atoms with Crippen LogP contribution in [0.3, 0.4) is 0 Å². The molecule has 0 aromatic heterocycles. The van der Waals surface area contributed by atoms with Crippen molar-refractivity contribution in [2.75, 3.05) is 33.2 Å². The number of amides is 1. The molecule has 0 radical (unpaired) electrons. The molecule has 4 heteroatoms. The van der Waals surface area contributed by atoms with Crippen molar-refractivity contribution >= 4 is 5.91 Å². The van der Waals surface area contributed by atoms with Crippen LogP contribution in [0.15, 0.2) is 0 Å². The van der Waals surface area contributed by atoms with Crippen LogP contribution in [-0.4, -0.2) is 44.0 Å². The third kappa shape index (κ3) is 4.25. The van der Waals surface area contributed by atoms with Crippen molar-refractivity contribution in [1.29, 1.82) is 0 Å². The molecule has 106 valence electrons. The number of hydrogen-bond acceptors (Lipinski definition) is 3. The summed E-state index contributed by atoms with van der Waals surface area (Å²) in [6.07, 6.45) is 2.00. The van der Waals surface area contributed by atoms with E-state index in [9.17, 15) is 4.79 Å². The molecule has 1 aliphatic heterocycles. The van der Waals surface area contributed by atoms with E-state index in [2.05, 4.69) is 31.1 Å². The van der Waals surface area contributed by atoms with Gasteiger partial charge in [-0.15, -0.1) is 0 Å². The van der Waals surface area contributed by atoms with Crippen LogP contribution in [0.5, 0.6) is 0 Å². The summed E-state index contributed by atoms with van der Waals surface area (Å²) in [7, 11) is 2.16. The molecule has 18 heavy (non-hydrogen) atoms. The van der Waals surface area contributed by atoms with Crippen molar-refractivity contribution in [3.8, 4) is 0 Å². The maximum absolute atomic E-state index is 11.9. The Labute approximate surface area is 111 Å². The van der Waals surface area contributed by atoms with E-state index >= 15 is 0 Å². The molecule has 0 aromatic carbocycles. The maximum atomic E-state index is 11.9. The van der Waals surface area contributed by atoms with Crippen LogP contribution < -0.4 is 11.1 Å². The van der Waals surface area contributed by atoms with E-state index < -0.39 is 0 Å². The Bertz CT molecular complexity index is 278. The molecular weight excluding hydrogens is 226 g/mol. The Balaban J connectivity index is 2.39. The van der Waals surface area contributed by atoms with E-state index in [1.165, 1.54) is 13.0 Å². The van der Waals surface area contributed by atoms with Crippen molar-refractivity contribution in [3.63, 3.8) is 0 Å². The lowest BCUT2D eigenvalue weighted by Gasteiger charge is -2.32. The monoisotopic (exact) mass is 255 g/mol. The number of likely N-dealkylation sites (tertiary alicyclic amines) is 1. The van der Waals surface area contributed by atoms with Crippen LogP contribution in [0.1, 0.15) is 33.6 Å². The summed E-state index contributed by atoms with van der Waals surface area (Å²) >= 11 is 0. The van der Waals surface area contributed by atoms with Crippen LogP contribution in [0.2, 0.25) is 0 Å². The van der Waals surface area contributed by atoms with Crippen LogP contribution in [-0.2, 0) is 4.79 Å². The zero-order chi connectivity index (χ0) is 13.8. The second-order valence-corrected chi connectivity index (χ2v) is 6.43. The second kappa shape index (κ2) is 6.53. The van der Waals surface area contributed by atoms with E-state index in [1.807, 2.05) is 6.92 Å². The van der Waals surface area contributed by atoms with E-state index in [-0.39, 0.29) is 17.2 Å². The Hall–Kier alpha value is -0.610. The van der Waals surface area contributed by atoms with Gasteiger partial charge in [0.05, 0.1) is 0 Å². The lowest BCUT2D eigenvalue weighted by molar-refractivity contribution is -0.125. The first-order chi connectivity index (χ1) is 8.36. The number of hydrogen-bond donors (Lipinski definition) is 2. The maximum Gasteiger partial charge on any atom is 0.222 e. The Morgan fingerprint density at radius 3 is 2.72 bits per heavy atom. The van der Waals surface area contributed by atoms with Gasteiger partial charge in [-0.1, -0.05) is 20.8 Å². The van der Waals surface area contributed by atoms with Gasteiger partial charge in [-0.2, -0.15) is 0 Å². The summed E-state index contributed by atoms with van der Waals surface area (Å²) < 4.78 is 0. The smallest absolute Gasteiger partial charge is 0.222 e. The predicted octanol–water partition coefficient (Wildman–Crippen LogP) is 1.07. The number of nitrogens with one attached hydrogen (secondary N) is 1. The van der Waals surface area contributed by atoms with Gasteiger partial charge in [-0.3, -0.25) is 4.79 Å². The van der Waals surface area contributed by atoms with Crippen LogP contribution in [0, 0.1) is 17.3 Å². The minimum Gasteiger partial charge on any atom is -0.355 e. The number of nitrogens with two attached hydrogens (primary N) is 1. The van der Waals surface area contributed by atoms with Gasteiger partial charge < -0.3 is 16.0 Å². The highest BCUT2D eigenvalue weighted by molar-refractivity contribution is 5.78. The number of carbonyl (C=O) groups is 1. The molecule has 2 atom stereocenters. The van der Waals surface area contributed by atoms with E-state index in [0.717, 1.165) is 19.5 Å². The lowest BCUT2D eigenvalue weighted by Crippen LogP contribution is -2.41. The SMILES string of the molecule is CC(CCN)C(=O)NCC(C)(C)C1CCN(C)C1. The zero-order valence-electron chi connectivity index (χ0n) is 12.3. The quantitative estimate of drug-likeness (QED) is 0.746. The minimum absolute atomic E-state index is 0.0250. The first-order valence-electron chi connectivity index (χ1n) is 7.03. The van der Waals surface area contributed by atoms with Gasteiger partial charge in [0.1, 0.15) is 0 Å². The number of rotatable bonds is 6. The summed E-state index contributed by atoms with van der Waals surface area (Å²) in [6, 6.07) is 0. The van der Waals surface area contributed by atoms with Crippen molar-refractivity contribution in [2.24, 2.45) is 23.0 Å². The van der Waals surface area contributed by atoms with Crippen molar-refractivity contribution in [2.45, 2.75) is 33.6 Å². The second-order valence-electron chi connectivity index (χ2n) is 6.43. The van der Waals surface area contributed by atoms with Crippen LogP contribution in [0.4, 0.5) is 0 Å². The standard InChI is InChI=1S/C14H29N3O/c1-11(5-7-15)13(18)16-10-14(2,3)12-6-8-17(4)9-12/h11-12H,5-10,15H2,1-4H3,(H,16,18). The van der Waals surface area contributed by atoms with Gasteiger partial charge in [0.2, 0.25) is 5.91 Å². The molecule has 0 aliphatic carbocycles. The molecule has 1 amide bonds. The molecule has 1 aliphatic rings. The van der Waals surface area contributed by atoms with Gasteiger partial charge in [0.25, 0.3) is 0 Å². The third-order valence-corrected chi connectivity index (χ3v) is 4.26. The molecule has 3 N–H and O–H groups in total. The molecule has 1 rings (SSSR count). The van der Waals surface area contributed by atoms with Gasteiger partial charge in [0, 0.05) is 19.0 Å². The van der Waals surface area contributed by atoms with Crippen LogP contribution in [0.25, 0.3) is 0 Å². The Morgan fingerprint density at radius 2 is 2.22 bits per heavy atom. The average Bonchev–Trinajstić information content (AvgIpc) is 2.74. The molecule has 1 saturated heterocycles. The number of carbonyl (C=O) groups excluding carboxylic acids is 1. The van der Waals surface area contributed by atoms with Crippen molar-refractivity contribution in [3.05, 3.63) is 0 Å². The van der Waals surface area contributed by atoms with E-state index in [4.69, 9.17) is 5.73 Å². The van der Waals surface area contributed by atoms with Gasteiger partial charge in [0.15, 0.2) is 0 Å². The normalized spacial score (nSPS) is 23.1. The van der Waals surface area contributed by atoms with Crippen molar-refractivity contribution in [1.82, 2.24) is 10.2 Å². The summed E-state index contributed by atoms with van der Waals surface area (Å²) in [5.74, 6) is 0.838. The molecule has 1 heterocycles.